The first kappa shape index (κ1) is 20.0. The number of nitrogens with one attached hydrogen (secondary N) is 3. The number of furan rings is 1. The summed E-state index contributed by atoms with van der Waals surface area (Å²) >= 11 is 5.96. The van der Waals surface area contributed by atoms with Crippen molar-refractivity contribution in [2.45, 2.75) is 0 Å². The van der Waals surface area contributed by atoms with Gasteiger partial charge < -0.3 is 14.5 Å². The van der Waals surface area contributed by atoms with Crippen LogP contribution in [-0.4, -0.2) is 24.8 Å². The summed E-state index contributed by atoms with van der Waals surface area (Å²) in [6, 6.07) is 13.9. The zero-order chi connectivity index (χ0) is 20.8. The highest BCUT2D eigenvalue weighted by atomic mass is 35.5. The van der Waals surface area contributed by atoms with Crippen LogP contribution >= 0.6 is 11.6 Å². The molecule has 1 aromatic heterocycles. The second-order valence-electron chi connectivity index (χ2n) is 5.77. The van der Waals surface area contributed by atoms with Crippen LogP contribution < -0.4 is 20.9 Å². The van der Waals surface area contributed by atoms with Gasteiger partial charge in [-0.3, -0.25) is 25.2 Å². The van der Waals surface area contributed by atoms with Crippen molar-refractivity contribution in [3.8, 4) is 5.75 Å². The lowest BCUT2D eigenvalue weighted by atomic mass is 10.1. The maximum Gasteiger partial charge on any atom is 0.305 e. The van der Waals surface area contributed by atoms with Gasteiger partial charge in [0, 0.05) is 16.3 Å². The molecule has 1 heterocycles. The Morgan fingerprint density at radius 1 is 0.931 bits per heavy atom. The number of benzene rings is 2. The highest BCUT2D eigenvalue weighted by Crippen LogP contribution is 2.24. The molecule has 0 aliphatic carbocycles. The van der Waals surface area contributed by atoms with Gasteiger partial charge in [-0.05, 0) is 48.5 Å². The molecule has 3 N–H and O–H groups in total. The Balaban J connectivity index is 1.67. The molecule has 0 spiro atoms. The van der Waals surface area contributed by atoms with Gasteiger partial charge in [0.15, 0.2) is 5.76 Å². The molecule has 29 heavy (non-hydrogen) atoms. The fourth-order valence-electron chi connectivity index (χ4n) is 2.45. The smallest absolute Gasteiger partial charge is 0.305 e. The monoisotopic (exact) mass is 413 g/mol. The van der Waals surface area contributed by atoms with Crippen LogP contribution in [-0.2, 0) is 0 Å². The van der Waals surface area contributed by atoms with Gasteiger partial charge in [-0.1, -0.05) is 17.7 Å². The average molecular weight is 414 g/mol. The zero-order valence-corrected chi connectivity index (χ0v) is 15.9. The molecule has 0 saturated carbocycles. The topological polar surface area (TPSA) is 110 Å². The van der Waals surface area contributed by atoms with Crippen LogP contribution in [0.2, 0.25) is 5.02 Å². The molecule has 0 aliphatic heterocycles. The van der Waals surface area contributed by atoms with Gasteiger partial charge in [0.25, 0.3) is 11.8 Å². The number of methoxy groups -OCH3 is 1. The lowest BCUT2D eigenvalue weighted by molar-refractivity contribution is 0.0831. The summed E-state index contributed by atoms with van der Waals surface area (Å²) in [4.78, 5) is 36.6. The maximum atomic E-state index is 12.6. The number of hydrogen-bond acceptors (Lipinski definition) is 5. The van der Waals surface area contributed by atoms with Gasteiger partial charge in [-0.25, -0.2) is 0 Å². The van der Waals surface area contributed by atoms with Gasteiger partial charge in [0.05, 0.1) is 18.9 Å². The molecule has 0 atom stereocenters. The van der Waals surface area contributed by atoms with E-state index in [4.69, 9.17) is 20.8 Å². The molecule has 9 heteroatoms. The van der Waals surface area contributed by atoms with Crippen molar-refractivity contribution in [1.29, 1.82) is 0 Å². The number of hydrogen-bond donors (Lipinski definition) is 3. The van der Waals surface area contributed by atoms with Gasteiger partial charge >= 0.3 is 5.91 Å². The minimum Gasteiger partial charge on any atom is -0.496 e. The maximum absolute atomic E-state index is 12.6. The first-order valence-corrected chi connectivity index (χ1v) is 8.75. The van der Waals surface area contributed by atoms with E-state index in [0.717, 1.165) is 0 Å². The molecule has 3 aromatic rings. The number of carbonyl (C=O) groups is 3. The molecule has 3 amide bonds. The quantitative estimate of drug-likeness (QED) is 0.556. The third kappa shape index (κ3) is 4.94. The van der Waals surface area contributed by atoms with Crippen molar-refractivity contribution in [2.75, 3.05) is 12.4 Å². The van der Waals surface area contributed by atoms with Crippen molar-refractivity contribution in [1.82, 2.24) is 10.9 Å². The SMILES string of the molecule is COc1ccc(Cl)cc1C(=O)Nc1cccc(C(=O)NNC(=O)c2ccco2)c1. The standard InChI is InChI=1S/C20H16ClN3O5/c1-28-16-8-7-13(21)11-15(16)19(26)22-14-5-2-4-12(10-14)18(25)23-24-20(27)17-6-3-9-29-17/h2-11H,1H3,(H,22,26)(H,23,25)(H,24,27). The third-order valence-electron chi connectivity index (χ3n) is 3.82. The second kappa shape index (κ2) is 8.94. The zero-order valence-electron chi connectivity index (χ0n) is 15.2. The van der Waals surface area contributed by atoms with Crippen molar-refractivity contribution < 1.29 is 23.5 Å². The molecule has 0 bridgehead atoms. The Morgan fingerprint density at radius 3 is 2.45 bits per heavy atom. The first-order chi connectivity index (χ1) is 14.0. The van der Waals surface area contributed by atoms with Crippen molar-refractivity contribution in [2.24, 2.45) is 0 Å². The molecular formula is C20H16ClN3O5. The van der Waals surface area contributed by atoms with Crippen LogP contribution in [0.1, 0.15) is 31.3 Å². The predicted octanol–water partition coefficient (Wildman–Crippen LogP) is 3.27. The third-order valence-corrected chi connectivity index (χ3v) is 4.06. The van der Waals surface area contributed by atoms with Crippen LogP contribution in [0.25, 0.3) is 0 Å². The fraction of sp³-hybridized carbons (Fsp3) is 0.0500. The van der Waals surface area contributed by atoms with Gasteiger partial charge in [0.1, 0.15) is 5.75 Å². The van der Waals surface area contributed by atoms with Crippen LogP contribution in [0.3, 0.4) is 0 Å². The minimum absolute atomic E-state index is 0.0572. The molecule has 2 aromatic carbocycles. The minimum atomic E-state index is -0.596. The van der Waals surface area contributed by atoms with E-state index in [2.05, 4.69) is 16.2 Å². The molecule has 8 nitrogen and oxygen atoms in total. The van der Waals surface area contributed by atoms with Crippen LogP contribution in [0.5, 0.6) is 5.75 Å². The van der Waals surface area contributed by atoms with E-state index in [1.807, 2.05) is 0 Å². The van der Waals surface area contributed by atoms with E-state index >= 15 is 0 Å². The summed E-state index contributed by atoms with van der Waals surface area (Å²) in [5, 5.41) is 3.07. The van der Waals surface area contributed by atoms with E-state index in [-0.39, 0.29) is 16.9 Å². The number of rotatable bonds is 5. The molecule has 0 saturated heterocycles. The molecule has 0 aliphatic rings. The normalized spacial score (nSPS) is 10.1. The van der Waals surface area contributed by atoms with E-state index < -0.39 is 17.7 Å². The highest BCUT2D eigenvalue weighted by Gasteiger charge is 2.15. The van der Waals surface area contributed by atoms with Crippen molar-refractivity contribution in [3.05, 3.63) is 82.8 Å². The van der Waals surface area contributed by atoms with Gasteiger partial charge in [0.2, 0.25) is 0 Å². The van der Waals surface area contributed by atoms with Crippen LogP contribution in [0.15, 0.2) is 65.3 Å². The Labute approximate surface area is 170 Å². The lowest BCUT2D eigenvalue weighted by Gasteiger charge is -2.11. The molecular weight excluding hydrogens is 398 g/mol. The van der Waals surface area contributed by atoms with E-state index in [9.17, 15) is 14.4 Å². The average Bonchev–Trinajstić information content (AvgIpc) is 3.27. The number of ether oxygens (including phenoxy) is 1. The summed E-state index contributed by atoms with van der Waals surface area (Å²) in [5.41, 5.74) is 5.37. The number of carbonyl (C=O) groups excluding carboxylic acids is 3. The first-order valence-electron chi connectivity index (χ1n) is 8.37. The summed E-state index contributed by atoms with van der Waals surface area (Å²) in [5.74, 6) is -1.20. The van der Waals surface area contributed by atoms with Crippen LogP contribution in [0.4, 0.5) is 5.69 Å². The summed E-state index contributed by atoms with van der Waals surface area (Å²) < 4.78 is 10.1. The Morgan fingerprint density at radius 2 is 1.72 bits per heavy atom. The molecule has 0 unspecified atom stereocenters. The van der Waals surface area contributed by atoms with Crippen molar-refractivity contribution >= 4 is 35.0 Å². The Hall–Kier alpha value is -3.78. The summed E-state index contributed by atoms with van der Waals surface area (Å²) in [6.45, 7) is 0. The highest BCUT2D eigenvalue weighted by molar-refractivity contribution is 6.31. The number of amides is 3. The van der Waals surface area contributed by atoms with E-state index in [1.165, 1.54) is 37.6 Å². The van der Waals surface area contributed by atoms with E-state index in [0.29, 0.717) is 16.5 Å². The molecule has 148 valence electrons. The fourth-order valence-corrected chi connectivity index (χ4v) is 2.62. The van der Waals surface area contributed by atoms with E-state index in [1.54, 1.807) is 30.3 Å². The second-order valence-corrected chi connectivity index (χ2v) is 6.20. The van der Waals surface area contributed by atoms with Crippen LogP contribution in [0, 0.1) is 0 Å². The molecule has 3 rings (SSSR count). The summed E-state index contributed by atoms with van der Waals surface area (Å²) in [7, 11) is 1.45. The van der Waals surface area contributed by atoms with Gasteiger partial charge in [-0.2, -0.15) is 0 Å². The largest absolute Gasteiger partial charge is 0.496 e. The van der Waals surface area contributed by atoms with Gasteiger partial charge in [-0.15, -0.1) is 0 Å². The Kier molecular flexibility index (Phi) is 6.16. The number of hydrazine groups is 1. The molecule has 0 fully saturated rings. The van der Waals surface area contributed by atoms with Crippen molar-refractivity contribution in [3.63, 3.8) is 0 Å². The Bertz CT molecular complexity index is 1050. The summed E-state index contributed by atoms with van der Waals surface area (Å²) in [6.07, 6.45) is 1.35. The predicted molar refractivity (Wildman–Crippen MR) is 106 cm³/mol. The number of halogens is 1. The number of anilines is 1. The molecule has 0 radical (unpaired) electrons. The lowest BCUT2D eigenvalue weighted by Crippen LogP contribution is -2.41.